The van der Waals surface area contributed by atoms with E-state index in [1.54, 1.807) is 11.0 Å². The number of aryl methyl sites for hydroxylation is 1. The summed E-state index contributed by atoms with van der Waals surface area (Å²) in [7, 11) is 0. The van der Waals surface area contributed by atoms with Gasteiger partial charge in [0, 0.05) is 24.1 Å². The van der Waals surface area contributed by atoms with Crippen molar-refractivity contribution in [2.24, 2.45) is 34.8 Å². The van der Waals surface area contributed by atoms with Gasteiger partial charge in [-0.1, -0.05) is 0 Å². The number of carbonyl (C=O) groups excluding carboxylic acids is 1. The Kier molecular flexibility index (Phi) is 4.18. The number of fused-ring (bicyclic) bond motifs is 1. The molecule has 170 valence electrons. The summed E-state index contributed by atoms with van der Waals surface area (Å²) in [5.74, 6) is 1.81. The van der Waals surface area contributed by atoms with Crippen LogP contribution in [0.5, 0.6) is 0 Å². The number of hydrogen-bond acceptors (Lipinski definition) is 3. The largest absolute Gasteiger partial charge is 0.465 e. The van der Waals surface area contributed by atoms with Crippen LogP contribution in [0, 0.1) is 41.8 Å². The van der Waals surface area contributed by atoms with Crippen molar-refractivity contribution >= 4 is 23.0 Å². The van der Waals surface area contributed by atoms with Crippen molar-refractivity contribution in [1.29, 1.82) is 0 Å². The van der Waals surface area contributed by atoms with Crippen LogP contribution in [0.3, 0.4) is 0 Å². The lowest BCUT2D eigenvalue weighted by atomic mass is 9.45. The van der Waals surface area contributed by atoms with Gasteiger partial charge >= 0.3 is 6.09 Å². The second kappa shape index (κ2) is 6.68. The highest BCUT2D eigenvalue weighted by molar-refractivity contribution is 5.81. The second-order valence-electron chi connectivity index (χ2n) is 10.7. The van der Waals surface area contributed by atoms with Crippen molar-refractivity contribution < 1.29 is 19.1 Å². The Morgan fingerprint density at radius 3 is 2.56 bits per heavy atom. The minimum atomic E-state index is -0.885. The molecule has 7 atom stereocenters. The first kappa shape index (κ1) is 20.0. The van der Waals surface area contributed by atoms with E-state index in [0.717, 1.165) is 49.9 Å². The highest BCUT2D eigenvalue weighted by Gasteiger charge is 2.60. The summed E-state index contributed by atoms with van der Waals surface area (Å²) in [4.78, 5) is 30.8. The average Bonchev–Trinajstić information content (AvgIpc) is 3.27. The topological polar surface area (TPSA) is 101 Å². The molecule has 5 fully saturated rings. The normalized spacial score (nSPS) is 38.0. The summed E-state index contributed by atoms with van der Waals surface area (Å²) in [6.07, 6.45) is 4.52. The average molecular weight is 441 g/mol. The minimum Gasteiger partial charge on any atom is -0.465 e. The molecule has 4 aliphatic carbocycles. The summed E-state index contributed by atoms with van der Waals surface area (Å²) in [5, 5.41) is 10.1. The summed E-state index contributed by atoms with van der Waals surface area (Å²) < 4.78 is 15.8. The van der Waals surface area contributed by atoms with Crippen molar-refractivity contribution in [1.82, 2.24) is 14.5 Å². The Balaban J connectivity index is 1.34. The zero-order valence-electron chi connectivity index (χ0n) is 18.2. The molecule has 5 unspecified atom stereocenters. The molecule has 1 aromatic heterocycles. The number of nitrogens with two attached hydrogens (primary N) is 1. The van der Waals surface area contributed by atoms with Crippen LogP contribution in [0.4, 0.5) is 9.18 Å². The maximum Gasteiger partial charge on any atom is 0.407 e. The monoisotopic (exact) mass is 440 g/mol. The number of carbonyl (C=O) groups is 2. The van der Waals surface area contributed by atoms with E-state index in [-0.39, 0.29) is 35.1 Å². The molecule has 1 aromatic carbocycles. The number of aromatic nitrogens is 2. The van der Waals surface area contributed by atoms with E-state index in [9.17, 15) is 19.1 Å². The lowest BCUT2D eigenvalue weighted by Gasteiger charge is -2.60. The fourth-order valence-corrected chi connectivity index (χ4v) is 8.26. The summed E-state index contributed by atoms with van der Waals surface area (Å²) in [6, 6.07) is 4.50. The Hall–Kier alpha value is -2.64. The smallest absolute Gasteiger partial charge is 0.407 e. The molecule has 0 spiro atoms. The molecule has 2 amide bonds. The van der Waals surface area contributed by atoms with Gasteiger partial charge in [0.05, 0.1) is 17.1 Å². The zero-order chi connectivity index (χ0) is 22.4. The molecule has 7 rings (SSSR count). The standard InChI is InChI=1S/C24H29FN4O3/c1-12-27-18-6-16(25)2-3-19(18)29(12)17-7-20(28(11-17)23(31)32)21-14-4-13-5-15(21)10-24(8-13,9-14)22(26)30/h2-3,6,13-15,17,20-21H,4-5,7-11H2,1H3,(H2,26,30)(H,31,32)/t13?,14-,15?,17?,20?,21?,24+/m1/s1. The van der Waals surface area contributed by atoms with Gasteiger partial charge in [-0.2, -0.15) is 0 Å². The number of primary amides is 1. The van der Waals surface area contributed by atoms with Gasteiger partial charge in [-0.15, -0.1) is 0 Å². The molecule has 2 aromatic rings. The van der Waals surface area contributed by atoms with Crippen LogP contribution in [0.1, 0.15) is 50.4 Å². The number of halogens is 1. The van der Waals surface area contributed by atoms with Crippen molar-refractivity contribution in [2.75, 3.05) is 6.54 Å². The summed E-state index contributed by atoms with van der Waals surface area (Å²) >= 11 is 0. The zero-order valence-corrected chi connectivity index (χ0v) is 18.2. The second-order valence-corrected chi connectivity index (χ2v) is 10.7. The molecular weight excluding hydrogens is 411 g/mol. The van der Waals surface area contributed by atoms with E-state index in [0.29, 0.717) is 29.8 Å². The van der Waals surface area contributed by atoms with Gasteiger partial charge in [-0.05, 0) is 81.3 Å². The van der Waals surface area contributed by atoms with Gasteiger partial charge in [0.2, 0.25) is 5.91 Å². The quantitative estimate of drug-likeness (QED) is 0.760. The van der Waals surface area contributed by atoms with E-state index in [1.165, 1.54) is 12.1 Å². The molecule has 7 nitrogen and oxygen atoms in total. The van der Waals surface area contributed by atoms with Crippen molar-refractivity contribution in [2.45, 2.75) is 57.5 Å². The van der Waals surface area contributed by atoms with E-state index < -0.39 is 6.09 Å². The van der Waals surface area contributed by atoms with E-state index in [4.69, 9.17) is 5.73 Å². The summed E-state index contributed by atoms with van der Waals surface area (Å²) in [6.45, 7) is 2.31. The first-order valence-corrected chi connectivity index (χ1v) is 11.7. The third-order valence-electron chi connectivity index (χ3n) is 9.07. The van der Waals surface area contributed by atoms with Gasteiger partial charge in [0.1, 0.15) is 11.6 Å². The molecule has 8 heteroatoms. The van der Waals surface area contributed by atoms with E-state index >= 15 is 0 Å². The van der Waals surface area contributed by atoms with Crippen LogP contribution < -0.4 is 5.73 Å². The fraction of sp³-hybridized carbons (Fsp3) is 0.625. The van der Waals surface area contributed by atoms with Crippen molar-refractivity contribution in [3.63, 3.8) is 0 Å². The third kappa shape index (κ3) is 2.74. The molecule has 1 saturated heterocycles. The Bertz CT molecular complexity index is 1110. The molecule has 5 aliphatic rings. The van der Waals surface area contributed by atoms with Crippen LogP contribution in [-0.2, 0) is 4.79 Å². The molecule has 4 bridgehead atoms. The van der Waals surface area contributed by atoms with Gasteiger partial charge in [0.25, 0.3) is 0 Å². The molecule has 3 N–H and O–H groups in total. The van der Waals surface area contributed by atoms with E-state index in [2.05, 4.69) is 9.55 Å². The predicted octanol–water partition coefficient (Wildman–Crippen LogP) is 3.71. The van der Waals surface area contributed by atoms with Crippen LogP contribution >= 0.6 is 0 Å². The number of benzene rings is 1. The number of amides is 2. The first-order valence-electron chi connectivity index (χ1n) is 11.7. The van der Waals surface area contributed by atoms with Crippen LogP contribution in [0.25, 0.3) is 11.0 Å². The van der Waals surface area contributed by atoms with Gasteiger partial charge in [-0.25, -0.2) is 14.2 Å². The Morgan fingerprint density at radius 1 is 1.19 bits per heavy atom. The molecule has 2 heterocycles. The van der Waals surface area contributed by atoms with Gasteiger partial charge in [-0.3, -0.25) is 4.79 Å². The molecule has 0 radical (unpaired) electrons. The van der Waals surface area contributed by atoms with E-state index in [1.807, 2.05) is 6.92 Å². The number of rotatable bonds is 3. The van der Waals surface area contributed by atoms with Crippen LogP contribution in [-0.4, -0.2) is 44.1 Å². The highest BCUT2D eigenvalue weighted by Crippen LogP contribution is 2.64. The fourth-order valence-electron chi connectivity index (χ4n) is 8.26. The van der Waals surface area contributed by atoms with Gasteiger partial charge < -0.3 is 20.3 Å². The minimum absolute atomic E-state index is 0.0335. The number of likely N-dealkylation sites (tertiary alicyclic amines) is 1. The Morgan fingerprint density at radius 2 is 1.91 bits per heavy atom. The maximum atomic E-state index is 13.7. The SMILES string of the molecule is Cc1nc2cc(F)ccc2n1C1CC(C2C3CC4C[C@@H]2C[C@@](C(N)=O)(C4)C3)N(C(=O)O)C1. The number of carboxylic acid groups (broad SMARTS) is 1. The predicted molar refractivity (Wildman–Crippen MR) is 115 cm³/mol. The third-order valence-corrected chi connectivity index (χ3v) is 9.07. The number of hydrogen-bond donors (Lipinski definition) is 2. The summed E-state index contributed by atoms with van der Waals surface area (Å²) in [5.41, 5.74) is 6.92. The highest BCUT2D eigenvalue weighted by atomic mass is 19.1. The molecule has 1 aliphatic heterocycles. The number of imidazole rings is 1. The lowest BCUT2D eigenvalue weighted by molar-refractivity contribution is -0.153. The Labute approximate surface area is 185 Å². The van der Waals surface area contributed by atoms with Crippen LogP contribution in [0.2, 0.25) is 0 Å². The van der Waals surface area contributed by atoms with Crippen LogP contribution in [0.15, 0.2) is 18.2 Å². The maximum absolute atomic E-state index is 13.7. The number of nitrogens with zero attached hydrogens (tertiary/aromatic N) is 3. The molecule has 4 saturated carbocycles. The van der Waals surface area contributed by atoms with Crippen molar-refractivity contribution in [3.05, 3.63) is 29.8 Å². The first-order chi connectivity index (χ1) is 15.3. The van der Waals surface area contributed by atoms with Gasteiger partial charge in [0.15, 0.2) is 0 Å². The molecular formula is C24H29FN4O3. The lowest BCUT2D eigenvalue weighted by Crippen LogP contribution is -2.59. The van der Waals surface area contributed by atoms with Crippen molar-refractivity contribution in [3.8, 4) is 0 Å². The molecule has 32 heavy (non-hydrogen) atoms.